The number of likely N-dealkylation sites (N-methyl/N-ethyl adjacent to an activating group) is 1. The van der Waals surface area contributed by atoms with Gasteiger partial charge in [0.2, 0.25) is 0 Å². The number of nitrogens with zero attached hydrogens (tertiary/aromatic N) is 5. The molecule has 1 aliphatic rings. The lowest BCUT2D eigenvalue weighted by molar-refractivity contribution is 0.0745. The molecule has 0 spiro atoms. The molecular formula is C15H21N5O3. The highest BCUT2D eigenvalue weighted by molar-refractivity contribution is 5.91. The molecule has 1 saturated heterocycles. The molecule has 8 nitrogen and oxygen atoms in total. The topological polar surface area (TPSA) is 87.6 Å². The van der Waals surface area contributed by atoms with Crippen molar-refractivity contribution in [1.29, 1.82) is 0 Å². The molecule has 8 heteroatoms. The average molecular weight is 319 g/mol. The lowest BCUT2D eigenvalue weighted by Gasteiger charge is -2.23. The van der Waals surface area contributed by atoms with Crippen LogP contribution in [0.4, 0.5) is 0 Å². The van der Waals surface area contributed by atoms with Gasteiger partial charge >= 0.3 is 0 Å². The van der Waals surface area contributed by atoms with Crippen molar-refractivity contribution < 1.29 is 14.3 Å². The van der Waals surface area contributed by atoms with Gasteiger partial charge in [-0.2, -0.15) is 5.10 Å². The molecule has 23 heavy (non-hydrogen) atoms. The summed E-state index contributed by atoms with van der Waals surface area (Å²) in [7, 11) is 3.93. The molecule has 1 fully saturated rings. The monoisotopic (exact) mass is 319 g/mol. The lowest BCUT2D eigenvalue weighted by atomic mass is 10.0. The minimum absolute atomic E-state index is 0.0681. The van der Waals surface area contributed by atoms with Crippen LogP contribution < -0.4 is 0 Å². The first-order valence-corrected chi connectivity index (χ1v) is 7.56. The minimum Gasteiger partial charge on any atom is -0.454 e. The van der Waals surface area contributed by atoms with Crippen LogP contribution in [-0.2, 0) is 6.54 Å². The smallest absolute Gasteiger partial charge is 0.289 e. The number of amides is 1. The Kier molecular flexibility index (Phi) is 4.44. The second-order valence-electron chi connectivity index (χ2n) is 6.04. The normalized spacial score (nSPS) is 21.3. The number of hydrogen-bond acceptors (Lipinski definition) is 6. The molecule has 1 aliphatic heterocycles. The molecule has 2 aromatic heterocycles. The number of aliphatic hydroxyl groups is 1. The highest BCUT2D eigenvalue weighted by Crippen LogP contribution is 2.23. The van der Waals surface area contributed by atoms with Crippen LogP contribution in [0.15, 0.2) is 29.2 Å². The van der Waals surface area contributed by atoms with Crippen molar-refractivity contribution in [3.8, 4) is 0 Å². The number of hydrogen-bond donors (Lipinski definition) is 1. The molecule has 0 unspecified atom stereocenters. The van der Waals surface area contributed by atoms with Crippen molar-refractivity contribution in [2.75, 3.05) is 33.8 Å². The maximum Gasteiger partial charge on any atom is 0.289 e. The Morgan fingerprint density at radius 1 is 1.43 bits per heavy atom. The van der Waals surface area contributed by atoms with Crippen LogP contribution in [0, 0.1) is 5.92 Å². The molecular weight excluding hydrogens is 298 g/mol. The predicted molar refractivity (Wildman–Crippen MR) is 81.8 cm³/mol. The van der Waals surface area contributed by atoms with Gasteiger partial charge in [0.1, 0.15) is 25.0 Å². The lowest BCUT2D eigenvalue weighted by Crippen LogP contribution is -2.37. The number of rotatable bonds is 5. The van der Waals surface area contributed by atoms with E-state index in [0.29, 0.717) is 31.2 Å². The molecule has 0 bridgehead atoms. The summed E-state index contributed by atoms with van der Waals surface area (Å²) in [6, 6.07) is 3.62. The van der Waals surface area contributed by atoms with Crippen LogP contribution in [0.25, 0.3) is 0 Å². The van der Waals surface area contributed by atoms with Crippen LogP contribution in [-0.4, -0.2) is 75.4 Å². The molecule has 3 rings (SSSR count). The molecule has 0 radical (unpaired) electrons. The summed E-state index contributed by atoms with van der Waals surface area (Å²) in [6.45, 7) is 1.64. The number of furan rings is 1. The quantitative estimate of drug-likeness (QED) is 0.829. The summed E-state index contributed by atoms with van der Waals surface area (Å²) < 4.78 is 7.27. The molecule has 0 saturated carbocycles. The van der Waals surface area contributed by atoms with E-state index < -0.39 is 0 Å². The van der Waals surface area contributed by atoms with Gasteiger partial charge in [-0.1, -0.05) is 0 Å². The van der Waals surface area contributed by atoms with Gasteiger partial charge in [0.25, 0.3) is 5.91 Å². The van der Waals surface area contributed by atoms with E-state index in [4.69, 9.17) is 4.42 Å². The van der Waals surface area contributed by atoms with Crippen LogP contribution in [0.3, 0.4) is 0 Å². The fraction of sp³-hybridized carbons (Fsp3) is 0.533. The molecule has 124 valence electrons. The maximum atomic E-state index is 12.6. The third kappa shape index (κ3) is 3.27. The van der Waals surface area contributed by atoms with E-state index in [1.165, 1.54) is 6.33 Å². The van der Waals surface area contributed by atoms with Gasteiger partial charge in [-0.3, -0.25) is 4.79 Å². The Morgan fingerprint density at radius 2 is 2.26 bits per heavy atom. The van der Waals surface area contributed by atoms with Crippen molar-refractivity contribution in [2.24, 2.45) is 5.92 Å². The van der Waals surface area contributed by atoms with E-state index in [-0.39, 0.29) is 24.5 Å². The zero-order valence-corrected chi connectivity index (χ0v) is 13.3. The molecule has 2 aromatic rings. The molecule has 1 amide bonds. The number of likely N-dealkylation sites (tertiary alicyclic amines) is 1. The summed E-state index contributed by atoms with van der Waals surface area (Å²) in [4.78, 5) is 20.2. The second kappa shape index (κ2) is 6.51. The Hall–Kier alpha value is -2.19. The van der Waals surface area contributed by atoms with E-state index >= 15 is 0 Å². The Bertz CT molecular complexity index is 652. The average Bonchev–Trinajstić information content (AvgIpc) is 3.27. The summed E-state index contributed by atoms with van der Waals surface area (Å²) in [5.41, 5.74) is 0. The number of aliphatic hydroxyl groups excluding tert-OH is 1. The van der Waals surface area contributed by atoms with Gasteiger partial charge in [-0.25, -0.2) is 9.67 Å². The van der Waals surface area contributed by atoms with Gasteiger partial charge in [-0.05, 0) is 26.2 Å². The molecule has 1 N–H and O–H groups in total. The number of aromatic nitrogens is 3. The van der Waals surface area contributed by atoms with Gasteiger partial charge in [0, 0.05) is 31.7 Å². The number of carbonyl (C=O) groups excluding carboxylic acids is 1. The predicted octanol–water partition coefficient (Wildman–Crippen LogP) is -0.0861. The van der Waals surface area contributed by atoms with E-state index in [2.05, 4.69) is 10.1 Å². The summed E-state index contributed by atoms with van der Waals surface area (Å²) in [5, 5.41) is 13.5. The van der Waals surface area contributed by atoms with Crippen molar-refractivity contribution in [2.45, 2.75) is 12.6 Å². The van der Waals surface area contributed by atoms with Crippen molar-refractivity contribution in [3.63, 3.8) is 0 Å². The fourth-order valence-corrected chi connectivity index (χ4v) is 2.99. The van der Waals surface area contributed by atoms with Crippen LogP contribution in [0.2, 0.25) is 0 Å². The van der Waals surface area contributed by atoms with Crippen molar-refractivity contribution in [1.82, 2.24) is 24.6 Å². The molecule has 0 aromatic carbocycles. The Labute approximate surface area is 134 Å². The van der Waals surface area contributed by atoms with E-state index in [9.17, 15) is 9.90 Å². The number of carbonyl (C=O) groups is 1. The third-order valence-electron chi connectivity index (χ3n) is 4.25. The zero-order chi connectivity index (χ0) is 16.4. The summed E-state index contributed by atoms with van der Waals surface area (Å²) in [5.74, 6) is 0.897. The molecule has 0 aliphatic carbocycles. The van der Waals surface area contributed by atoms with Gasteiger partial charge < -0.3 is 19.3 Å². The maximum absolute atomic E-state index is 12.6. The SMILES string of the molecule is CN(C)[C@@H]1CN(C(=O)c2ccc(Cn3cncn3)o2)C[C@H]1CO. The zero-order valence-electron chi connectivity index (χ0n) is 13.3. The van der Waals surface area contributed by atoms with Gasteiger partial charge in [0.05, 0.1) is 0 Å². The highest BCUT2D eigenvalue weighted by atomic mass is 16.4. The van der Waals surface area contributed by atoms with Crippen LogP contribution in [0.1, 0.15) is 16.3 Å². The Balaban J connectivity index is 1.68. The minimum atomic E-state index is -0.141. The van der Waals surface area contributed by atoms with Crippen molar-refractivity contribution in [3.05, 3.63) is 36.3 Å². The standard InChI is InChI=1S/C15H21N5O3/c1-18(2)13-7-19(5-11(13)8-21)15(22)14-4-3-12(23-14)6-20-10-16-9-17-20/h3-4,9-11,13,21H,5-8H2,1-2H3/t11-,13+/m0/s1. The summed E-state index contributed by atoms with van der Waals surface area (Å²) >= 11 is 0. The molecule has 3 heterocycles. The van der Waals surface area contributed by atoms with E-state index in [1.807, 2.05) is 19.0 Å². The Morgan fingerprint density at radius 3 is 2.87 bits per heavy atom. The first-order chi connectivity index (χ1) is 11.1. The second-order valence-corrected chi connectivity index (χ2v) is 6.04. The van der Waals surface area contributed by atoms with Gasteiger partial charge in [0.15, 0.2) is 5.76 Å². The van der Waals surface area contributed by atoms with Crippen LogP contribution >= 0.6 is 0 Å². The largest absolute Gasteiger partial charge is 0.454 e. The van der Waals surface area contributed by atoms with Crippen LogP contribution in [0.5, 0.6) is 0 Å². The first-order valence-electron chi connectivity index (χ1n) is 7.56. The van der Waals surface area contributed by atoms with Crippen molar-refractivity contribution >= 4 is 5.91 Å². The van der Waals surface area contributed by atoms with E-state index in [0.717, 1.165) is 0 Å². The van der Waals surface area contributed by atoms with Gasteiger partial charge in [-0.15, -0.1) is 0 Å². The third-order valence-corrected chi connectivity index (χ3v) is 4.25. The first kappa shape index (κ1) is 15.7. The molecule has 2 atom stereocenters. The summed E-state index contributed by atoms with van der Waals surface area (Å²) in [6.07, 6.45) is 3.05. The highest BCUT2D eigenvalue weighted by Gasteiger charge is 2.37. The fourth-order valence-electron chi connectivity index (χ4n) is 2.99. The van der Waals surface area contributed by atoms with E-state index in [1.54, 1.807) is 28.0 Å².